The van der Waals surface area contributed by atoms with Crippen LogP contribution in [0.15, 0.2) is 12.2 Å². The summed E-state index contributed by atoms with van der Waals surface area (Å²) < 4.78 is 0. The van der Waals surface area contributed by atoms with Crippen LogP contribution in [0, 0.1) is 0 Å². The molecule has 2 nitrogen and oxygen atoms in total. The Labute approximate surface area is 87.0 Å². The first kappa shape index (κ1) is 11.3. The molecule has 1 rings (SSSR count). The van der Waals surface area contributed by atoms with Gasteiger partial charge in [-0.3, -0.25) is 4.79 Å². The fourth-order valence-electron chi connectivity index (χ4n) is 1.89. The van der Waals surface area contributed by atoms with E-state index in [2.05, 4.69) is 0 Å². The minimum absolute atomic E-state index is 0.189. The van der Waals surface area contributed by atoms with Crippen LogP contribution in [0.1, 0.15) is 45.4 Å². The van der Waals surface area contributed by atoms with Crippen molar-refractivity contribution in [3.63, 3.8) is 0 Å². The average Bonchev–Trinajstić information content (AvgIpc) is 2.30. The molecule has 1 amide bonds. The van der Waals surface area contributed by atoms with E-state index in [0.717, 1.165) is 13.1 Å². The molecule has 1 heterocycles. The molecule has 0 aromatic carbocycles. The van der Waals surface area contributed by atoms with E-state index in [4.69, 9.17) is 0 Å². The molecule has 0 radical (unpaired) electrons. The van der Waals surface area contributed by atoms with E-state index in [1.807, 2.05) is 17.9 Å². The lowest BCUT2D eigenvalue weighted by atomic mass is 10.1. The maximum Gasteiger partial charge on any atom is 0.246 e. The summed E-state index contributed by atoms with van der Waals surface area (Å²) >= 11 is 0. The lowest BCUT2D eigenvalue weighted by Gasteiger charge is -2.20. The van der Waals surface area contributed by atoms with Crippen LogP contribution in [0.4, 0.5) is 0 Å². The largest absolute Gasteiger partial charge is 0.339 e. The summed E-state index contributed by atoms with van der Waals surface area (Å²) in [5.41, 5.74) is 0. The Balaban J connectivity index is 2.42. The molecule has 1 aliphatic rings. The van der Waals surface area contributed by atoms with Crippen LogP contribution in [0.2, 0.25) is 0 Å². The minimum atomic E-state index is 0.189. The summed E-state index contributed by atoms with van der Waals surface area (Å²) in [4.78, 5) is 13.6. The Kier molecular flexibility index (Phi) is 5.35. The van der Waals surface area contributed by atoms with Crippen molar-refractivity contribution in [3.05, 3.63) is 12.2 Å². The standard InChI is InChI=1S/C12H21NO/c1-2-9-12(14)13-10-7-5-3-4-6-8-11-13/h2,9H,3-8,10-11H2,1H3. The Morgan fingerprint density at radius 3 is 2.00 bits per heavy atom. The molecule has 0 aliphatic carbocycles. The molecular formula is C12H21NO. The molecule has 0 aromatic rings. The van der Waals surface area contributed by atoms with Gasteiger partial charge in [-0.05, 0) is 25.8 Å². The summed E-state index contributed by atoms with van der Waals surface area (Å²) in [5.74, 6) is 0.189. The van der Waals surface area contributed by atoms with Gasteiger partial charge in [0.2, 0.25) is 5.91 Å². The van der Waals surface area contributed by atoms with Crippen molar-refractivity contribution < 1.29 is 4.79 Å². The molecule has 1 saturated heterocycles. The number of nitrogens with zero attached hydrogens (tertiary/aromatic N) is 1. The predicted molar refractivity (Wildman–Crippen MR) is 59.1 cm³/mol. The summed E-state index contributed by atoms with van der Waals surface area (Å²) in [6.45, 7) is 3.79. The first-order valence-electron chi connectivity index (χ1n) is 5.76. The third-order valence-electron chi connectivity index (χ3n) is 2.73. The molecule has 1 aliphatic heterocycles. The van der Waals surface area contributed by atoms with Crippen LogP contribution in [-0.2, 0) is 4.79 Å². The summed E-state index contributed by atoms with van der Waals surface area (Å²) in [5, 5.41) is 0. The second-order valence-corrected chi connectivity index (χ2v) is 3.95. The molecule has 0 unspecified atom stereocenters. The summed E-state index contributed by atoms with van der Waals surface area (Å²) in [6, 6.07) is 0. The molecule has 1 fully saturated rings. The Morgan fingerprint density at radius 1 is 1.00 bits per heavy atom. The molecular weight excluding hydrogens is 174 g/mol. The highest BCUT2D eigenvalue weighted by molar-refractivity contribution is 5.87. The van der Waals surface area contributed by atoms with Crippen LogP contribution in [0.3, 0.4) is 0 Å². The zero-order chi connectivity index (χ0) is 10.2. The number of allylic oxidation sites excluding steroid dienone is 1. The van der Waals surface area contributed by atoms with Crippen molar-refractivity contribution in [1.82, 2.24) is 4.90 Å². The van der Waals surface area contributed by atoms with E-state index in [-0.39, 0.29) is 5.91 Å². The molecule has 0 bridgehead atoms. The van der Waals surface area contributed by atoms with E-state index < -0.39 is 0 Å². The second-order valence-electron chi connectivity index (χ2n) is 3.95. The maximum absolute atomic E-state index is 11.6. The molecule has 0 aromatic heterocycles. The van der Waals surface area contributed by atoms with Gasteiger partial charge in [0.15, 0.2) is 0 Å². The highest BCUT2D eigenvalue weighted by atomic mass is 16.2. The van der Waals surface area contributed by atoms with Gasteiger partial charge in [-0.1, -0.05) is 31.8 Å². The SMILES string of the molecule is CC=CC(=O)N1CCCCCCCC1. The van der Waals surface area contributed by atoms with E-state index in [9.17, 15) is 4.79 Å². The fourth-order valence-corrected chi connectivity index (χ4v) is 1.89. The van der Waals surface area contributed by atoms with E-state index in [0.29, 0.717) is 0 Å². The van der Waals surface area contributed by atoms with Gasteiger partial charge in [-0.15, -0.1) is 0 Å². The average molecular weight is 195 g/mol. The van der Waals surface area contributed by atoms with Gasteiger partial charge in [0.25, 0.3) is 0 Å². The van der Waals surface area contributed by atoms with Gasteiger partial charge in [0, 0.05) is 13.1 Å². The number of rotatable bonds is 1. The first-order chi connectivity index (χ1) is 6.84. The smallest absolute Gasteiger partial charge is 0.246 e. The van der Waals surface area contributed by atoms with Crippen molar-refractivity contribution >= 4 is 5.91 Å². The predicted octanol–water partition coefficient (Wildman–Crippen LogP) is 2.75. The highest BCUT2D eigenvalue weighted by Gasteiger charge is 2.10. The molecule has 0 saturated carbocycles. The van der Waals surface area contributed by atoms with Gasteiger partial charge in [-0.25, -0.2) is 0 Å². The number of hydrogen-bond acceptors (Lipinski definition) is 1. The second kappa shape index (κ2) is 6.63. The maximum atomic E-state index is 11.6. The minimum Gasteiger partial charge on any atom is -0.339 e. The first-order valence-corrected chi connectivity index (χ1v) is 5.76. The zero-order valence-corrected chi connectivity index (χ0v) is 9.17. The summed E-state index contributed by atoms with van der Waals surface area (Å²) in [7, 11) is 0. The molecule has 0 atom stereocenters. The van der Waals surface area contributed by atoms with Crippen LogP contribution >= 0.6 is 0 Å². The number of carbonyl (C=O) groups is 1. The zero-order valence-electron chi connectivity index (χ0n) is 9.17. The third-order valence-corrected chi connectivity index (χ3v) is 2.73. The van der Waals surface area contributed by atoms with Crippen molar-refractivity contribution in [1.29, 1.82) is 0 Å². The van der Waals surface area contributed by atoms with Crippen molar-refractivity contribution in [2.24, 2.45) is 0 Å². The monoisotopic (exact) mass is 195 g/mol. The van der Waals surface area contributed by atoms with Crippen LogP contribution < -0.4 is 0 Å². The van der Waals surface area contributed by atoms with E-state index in [1.165, 1.54) is 38.5 Å². The van der Waals surface area contributed by atoms with E-state index in [1.54, 1.807) is 6.08 Å². The number of hydrogen-bond donors (Lipinski definition) is 0. The van der Waals surface area contributed by atoms with Gasteiger partial charge >= 0.3 is 0 Å². The molecule has 0 spiro atoms. The van der Waals surface area contributed by atoms with E-state index >= 15 is 0 Å². The van der Waals surface area contributed by atoms with Gasteiger partial charge < -0.3 is 4.90 Å². The normalized spacial score (nSPS) is 20.2. The molecule has 80 valence electrons. The Hall–Kier alpha value is -0.790. The van der Waals surface area contributed by atoms with Crippen LogP contribution in [0.25, 0.3) is 0 Å². The number of carbonyl (C=O) groups excluding carboxylic acids is 1. The third kappa shape index (κ3) is 3.95. The Bertz CT molecular complexity index is 188. The quantitative estimate of drug-likeness (QED) is 0.589. The van der Waals surface area contributed by atoms with Crippen LogP contribution in [-0.4, -0.2) is 23.9 Å². The van der Waals surface area contributed by atoms with Crippen LogP contribution in [0.5, 0.6) is 0 Å². The molecule has 2 heteroatoms. The highest BCUT2D eigenvalue weighted by Crippen LogP contribution is 2.11. The van der Waals surface area contributed by atoms with Crippen molar-refractivity contribution in [3.8, 4) is 0 Å². The topological polar surface area (TPSA) is 20.3 Å². The fraction of sp³-hybridized carbons (Fsp3) is 0.750. The lowest BCUT2D eigenvalue weighted by Crippen LogP contribution is -2.31. The van der Waals surface area contributed by atoms with Gasteiger partial charge in [-0.2, -0.15) is 0 Å². The lowest BCUT2D eigenvalue weighted by molar-refractivity contribution is -0.126. The molecule has 14 heavy (non-hydrogen) atoms. The van der Waals surface area contributed by atoms with Gasteiger partial charge in [0.1, 0.15) is 0 Å². The number of amides is 1. The van der Waals surface area contributed by atoms with Crippen molar-refractivity contribution in [2.45, 2.75) is 45.4 Å². The summed E-state index contributed by atoms with van der Waals surface area (Å²) in [6.07, 6.45) is 11.1. The Morgan fingerprint density at radius 2 is 1.50 bits per heavy atom. The molecule has 0 N–H and O–H groups in total. The van der Waals surface area contributed by atoms with Crippen molar-refractivity contribution in [2.75, 3.05) is 13.1 Å². The van der Waals surface area contributed by atoms with Gasteiger partial charge in [0.05, 0.1) is 0 Å².